The molecule has 0 saturated heterocycles. The molecule has 4 rings (SSSR count). The van der Waals surface area contributed by atoms with Crippen molar-refractivity contribution in [2.45, 2.75) is 6.92 Å². The normalized spacial score (nSPS) is 14.3. The quantitative estimate of drug-likeness (QED) is 0.546. The van der Waals surface area contributed by atoms with Crippen LogP contribution < -0.4 is 10.4 Å². The van der Waals surface area contributed by atoms with Crippen LogP contribution in [0.1, 0.15) is 12.5 Å². The average Bonchev–Trinajstić information content (AvgIpc) is 2.87. The Labute approximate surface area is 98.8 Å². The highest BCUT2D eigenvalue weighted by molar-refractivity contribution is 6.13. The lowest BCUT2D eigenvalue weighted by Gasteiger charge is -1.97. The molecule has 2 aromatic rings. The number of rotatable bonds is 0. The van der Waals surface area contributed by atoms with Gasteiger partial charge >= 0.3 is 0 Å². The molecule has 0 radical (unpaired) electrons. The fraction of sp³-hybridized carbons (Fsp3) is 0.0625. The average molecular weight is 217 g/mol. The predicted molar refractivity (Wildman–Crippen MR) is 70.6 cm³/mol. The molecule has 0 aromatic heterocycles. The molecular formula is C16H11N. The molecule has 0 saturated carbocycles. The molecule has 0 bridgehead atoms. The van der Waals surface area contributed by atoms with Crippen molar-refractivity contribution in [1.29, 1.82) is 0 Å². The summed E-state index contributed by atoms with van der Waals surface area (Å²) in [4.78, 5) is 4.64. The largest absolute Gasteiger partial charge is 0.252 e. The number of aliphatic imine (C=N–C) groups is 1. The van der Waals surface area contributed by atoms with E-state index in [2.05, 4.69) is 60.5 Å². The number of fused-ring (bicyclic) bond motifs is 4. The molecule has 1 heteroatoms. The van der Waals surface area contributed by atoms with Gasteiger partial charge in [0.25, 0.3) is 0 Å². The lowest BCUT2D eigenvalue weighted by molar-refractivity contribution is 1.43. The second kappa shape index (κ2) is 2.95. The van der Waals surface area contributed by atoms with E-state index in [1.807, 2.05) is 0 Å². The van der Waals surface area contributed by atoms with Crippen LogP contribution in [0.25, 0.3) is 12.2 Å². The van der Waals surface area contributed by atoms with Crippen molar-refractivity contribution in [3.8, 4) is 0 Å². The van der Waals surface area contributed by atoms with Gasteiger partial charge in [-0.1, -0.05) is 36.4 Å². The van der Waals surface area contributed by atoms with E-state index in [1.54, 1.807) is 0 Å². The van der Waals surface area contributed by atoms with Crippen LogP contribution in [-0.2, 0) is 0 Å². The minimum absolute atomic E-state index is 1.10. The van der Waals surface area contributed by atoms with Crippen molar-refractivity contribution in [3.05, 3.63) is 62.8 Å². The van der Waals surface area contributed by atoms with E-state index in [0.717, 1.165) is 11.4 Å². The zero-order valence-corrected chi connectivity index (χ0v) is 9.57. The molecule has 0 atom stereocenters. The number of hydrogen-bond donors (Lipinski definition) is 0. The SMILES string of the molecule is CC1=Nc2c3c(ccc2=C1)=c1ccccc1=C3. The van der Waals surface area contributed by atoms with Crippen LogP contribution in [0.5, 0.6) is 0 Å². The molecule has 1 heterocycles. The summed E-state index contributed by atoms with van der Waals surface area (Å²) in [6.45, 7) is 2.05. The molecule has 1 aliphatic carbocycles. The zero-order chi connectivity index (χ0) is 11.4. The Hall–Kier alpha value is -2.15. The third-order valence-electron chi connectivity index (χ3n) is 3.45. The Morgan fingerprint density at radius 3 is 2.65 bits per heavy atom. The monoisotopic (exact) mass is 217 g/mol. The first-order chi connectivity index (χ1) is 8.33. The highest BCUT2D eigenvalue weighted by Gasteiger charge is 2.11. The molecule has 1 aliphatic heterocycles. The van der Waals surface area contributed by atoms with Crippen LogP contribution in [0.3, 0.4) is 0 Å². The first-order valence-electron chi connectivity index (χ1n) is 5.84. The Morgan fingerprint density at radius 1 is 0.824 bits per heavy atom. The van der Waals surface area contributed by atoms with E-state index in [0.29, 0.717) is 0 Å². The van der Waals surface area contributed by atoms with Crippen molar-refractivity contribution >= 4 is 23.6 Å². The maximum absolute atomic E-state index is 4.64. The minimum atomic E-state index is 1.10. The van der Waals surface area contributed by atoms with Crippen molar-refractivity contribution in [1.82, 2.24) is 0 Å². The summed E-state index contributed by atoms with van der Waals surface area (Å²) >= 11 is 0. The first kappa shape index (κ1) is 8.94. The summed E-state index contributed by atoms with van der Waals surface area (Å²) in [5.74, 6) is 0. The highest BCUT2D eigenvalue weighted by atomic mass is 14.8. The summed E-state index contributed by atoms with van der Waals surface area (Å²) in [7, 11) is 0. The number of nitrogens with zero attached hydrogens (tertiary/aromatic N) is 1. The van der Waals surface area contributed by atoms with Gasteiger partial charge in [0.2, 0.25) is 0 Å². The maximum atomic E-state index is 4.64. The molecule has 0 fully saturated rings. The lowest BCUT2D eigenvalue weighted by Crippen LogP contribution is -1.98. The Balaban J connectivity index is 2.29. The van der Waals surface area contributed by atoms with Gasteiger partial charge in [-0.3, -0.25) is 4.99 Å². The number of hydrogen-bond acceptors (Lipinski definition) is 1. The molecule has 0 N–H and O–H groups in total. The molecule has 0 unspecified atom stereocenters. The van der Waals surface area contributed by atoms with Gasteiger partial charge in [0.05, 0.1) is 5.69 Å². The highest BCUT2D eigenvalue weighted by Crippen LogP contribution is 2.22. The molecule has 1 nitrogen and oxygen atoms in total. The smallest absolute Gasteiger partial charge is 0.0784 e. The Kier molecular flexibility index (Phi) is 1.55. The van der Waals surface area contributed by atoms with Crippen LogP contribution in [0.2, 0.25) is 0 Å². The molecular weight excluding hydrogens is 206 g/mol. The van der Waals surface area contributed by atoms with Gasteiger partial charge < -0.3 is 0 Å². The predicted octanol–water partition coefficient (Wildman–Crippen LogP) is 2.00. The summed E-state index contributed by atoms with van der Waals surface area (Å²) in [6.07, 6.45) is 4.39. The summed E-state index contributed by atoms with van der Waals surface area (Å²) in [6, 6.07) is 12.9. The third kappa shape index (κ3) is 1.11. The molecule has 17 heavy (non-hydrogen) atoms. The Bertz CT molecular complexity index is 886. The minimum Gasteiger partial charge on any atom is -0.252 e. The van der Waals surface area contributed by atoms with E-state index < -0.39 is 0 Å². The summed E-state index contributed by atoms with van der Waals surface area (Å²) in [5.41, 5.74) is 3.51. The van der Waals surface area contributed by atoms with Gasteiger partial charge in [-0.2, -0.15) is 0 Å². The number of benzene rings is 2. The molecule has 80 valence electrons. The molecule has 2 aliphatic rings. The van der Waals surface area contributed by atoms with Gasteiger partial charge in [0.1, 0.15) is 0 Å². The van der Waals surface area contributed by atoms with E-state index in [1.165, 1.54) is 26.4 Å². The molecule has 0 amide bonds. The fourth-order valence-corrected chi connectivity index (χ4v) is 2.70. The van der Waals surface area contributed by atoms with Crippen LogP contribution in [0.15, 0.2) is 41.4 Å². The first-order valence-corrected chi connectivity index (χ1v) is 5.84. The van der Waals surface area contributed by atoms with Crippen molar-refractivity contribution in [2.24, 2.45) is 4.99 Å². The Morgan fingerprint density at radius 2 is 1.71 bits per heavy atom. The topological polar surface area (TPSA) is 12.4 Å². The van der Waals surface area contributed by atoms with Crippen LogP contribution >= 0.6 is 0 Å². The molecule has 2 aromatic carbocycles. The second-order valence-electron chi connectivity index (χ2n) is 4.59. The lowest BCUT2D eigenvalue weighted by atomic mass is 10.1. The van der Waals surface area contributed by atoms with Crippen LogP contribution in [0, 0.1) is 10.4 Å². The fourth-order valence-electron chi connectivity index (χ4n) is 2.70. The van der Waals surface area contributed by atoms with Crippen LogP contribution in [0.4, 0.5) is 5.69 Å². The second-order valence-corrected chi connectivity index (χ2v) is 4.59. The zero-order valence-electron chi connectivity index (χ0n) is 9.57. The van der Waals surface area contributed by atoms with Gasteiger partial charge in [-0.25, -0.2) is 0 Å². The van der Waals surface area contributed by atoms with Crippen molar-refractivity contribution in [3.63, 3.8) is 0 Å². The maximum Gasteiger partial charge on any atom is 0.0784 e. The van der Waals surface area contributed by atoms with Gasteiger partial charge in [-0.15, -0.1) is 0 Å². The van der Waals surface area contributed by atoms with Gasteiger partial charge in [0, 0.05) is 16.5 Å². The van der Waals surface area contributed by atoms with E-state index in [4.69, 9.17) is 0 Å². The van der Waals surface area contributed by atoms with Gasteiger partial charge in [-0.05, 0) is 34.7 Å². The van der Waals surface area contributed by atoms with Gasteiger partial charge in [0.15, 0.2) is 0 Å². The van der Waals surface area contributed by atoms with E-state index in [-0.39, 0.29) is 0 Å². The van der Waals surface area contributed by atoms with E-state index >= 15 is 0 Å². The van der Waals surface area contributed by atoms with Crippen LogP contribution in [-0.4, -0.2) is 5.71 Å². The van der Waals surface area contributed by atoms with Crippen molar-refractivity contribution < 1.29 is 0 Å². The standard InChI is InChI=1S/C16H11N/c1-10-8-12-6-7-14-13-5-3-2-4-11(13)9-15(14)16(12)17-10/h2-9H,1H3. The summed E-state index contributed by atoms with van der Waals surface area (Å²) < 4.78 is 0. The van der Waals surface area contributed by atoms with Crippen molar-refractivity contribution in [2.75, 3.05) is 0 Å². The summed E-state index contributed by atoms with van der Waals surface area (Å²) in [5, 5.41) is 5.18. The molecule has 0 spiro atoms. The third-order valence-corrected chi connectivity index (χ3v) is 3.45. The van der Waals surface area contributed by atoms with E-state index in [9.17, 15) is 0 Å².